The number of rotatable bonds is 5. The first-order valence-corrected chi connectivity index (χ1v) is 10.2. The molecular weight excluding hydrogens is 364 g/mol. The third-order valence-electron chi connectivity index (χ3n) is 5.02. The van der Waals surface area contributed by atoms with Gasteiger partial charge in [-0.05, 0) is 31.6 Å². The number of hydrogen-bond donors (Lipinski definition) is 1. The summed E-state index contributed by atoms with van der Waals surface area (Å²) in [5, 5.41) is 9.95. The Labute approximate surface area is 163 Å². The van der Waals surface area contributed by atoms with Crippen molar-refractivity contribution < 1.29 is 14.1 Å². The Kier molecular flexibility index (Phi) is 5.94. The Morgan fingerprint density at radius 2 is 2.04 bits per heavy atom. The highest BCUT2D eigenvalue weighted by Crippen LogP contribution is 2.33. The number of aromatic nitrogens is 2. The van der Waals surface area contributed by atoms with E-state index in [0.29, 0.717) is 24.4 Å². The number of piperidine rings is 1. The SMILES string of the molecule is CC(=O)NC(c1nccs1)C1CCN(C(=O)c2c(C(C)C)noc2C)CC1. The molecule has 1 fully saturated rings. The molecule has 1 N–H and O–H groups in total. The first-order chi connectivity index (χ1) is 12.9. The molecule has 2 amide bonds. The first-order valence-electron chi connectivity index (χ1n) is 9.30. The third kappa shape index (κ3) is 4.21. The highest BCUT2D eigenvalue weighted by molar-refractivity contribution is 7.09. The molecule has 1 unspecified atom stereocenters. The van der Waals surface area contributed by atoms with E-state index < -0.39 is 0 Å². The fourth-order valence-electron chi connectivity index (χ4n) is 3.63. The summed E-state index contributed by atoms with van der Waals surface area (Å²) < 4.78 is 5.27. The molecule has 1 aliphatic rings. The van der Waals surface area contributed by atoms with E-state index in [-0.39, 0.29) is 29.7 Å². The van der Waals surface area contributed by atoms with Gasteiger partial charge in [0.25, 0.3) is 5.91 Å². The van der Waals surface area contributed by atoms with Gasteiger partial charge in [0, 0.05) is 31.6 Å². The van der Waals surface area contributed by atoms with Gasteiger partial charge in [0.05, 0.1) is 11.7 Å². The van der Waals surface area contributed by atoms with Gasteiger partial charge in [-0.3, -0.25) is 9.59 Å². The van der Waals surface area contributed by atoms with Crippen molar-refractivity contribution in [2.45, 2.75) is 52.5 Å². The van der Waals surface area contributed by atoms with Crippen molar-refractivity contribution in [2.75, 3.05) is 13.1 Å². The average Bonchev–Trinajstić information content (AvgIpc) is 3.29. The summed E-state index contributed by atoms with van der Waals surface area (Å²) >= 11 is 1.55. The minimum Gasteiger partial charge on any atom is -0.361 e. The number of nitrogens with one attached hydrogen (secondary N) is 1. The maximum atomic E-state index is 13.0. The van der Waals surface area contributed by atoms with E-state index in [1.54, 1.807) is 24.5 Å². The topological polar surface area (TPSA) is 88.3 Å². The molecule has 0 radical (unpaired) electrons. The summed E-state index contributed by atoms with van der Waals surface area (Å²) in [6.45, 7) is 8.62. The molecule has 1 saturated heterocycles. The molecule has 0 aliphatic carbocycles. The van der Waals surface area contributed by atoms with Gasteiger partial charge in [-0.25, -0.2) is 4.98 Å². The standard InChI is InChI=1S/C19H26N4O3S/c1-11(2)16-15(12(3)26-22-16)19(25)23-8-5-14(6-9-23)17(21-13(4)24)18-20-7-10-27-18/h7,10-11,14,17H,5-6,8-9H2,1-4H3,(H,21,24). The number of nitrogens with zero attached hydrogens (tertiary/aromatic N) is 3. The fourth-order valence-corrected chi connectivity index (χ4v) is 4.41. The number of aryl methyl sites for hydroxylation is 1. The van der Waals surface area contributed by atoms with Crippen LogP contribution in [0.15, 0.2) is 16.1 Å². The lowest BCUT2D eigenvalue weighted by atomic mass is 9.89. The maximum Gasteiger partial charge on any atom is 0.259 e. The molecule has 1 atom stereocenters. The van der Waals surface area contributed by atoms with Crippen molar-refractivity contribution in [1.29, 1.82) is 0 Å². The summed E-state index contributed by atoms with van der Waals surface area (Å²) in [6, 6.07) is -0.0942. The zero-order valence-electron chi connectivity index (χ0n) is 16.2. The van der Waals surface area contributed by atoms with Gasteiger partial charge in [-0.2, -0.15) is 0 Å². The summed E-state index contributed by atoms with van der Waals surface area (Å²) in [5.41, 5.74) is 1.32. The van der Waals surface area contributed by atoms with Crippen molar-refractivity contribution in [3.8, 4) is 0 Å². The lowest BCUT2D eigenvalue weighted by Gasteiger charge is -2.35. The highest BCUT2D eigenvalue weighted by Gasteiger charge is 2.33. The second-order valence-electron chi connectivity index (χ2n) is 7.33. The average molecular weight is 391 g/mol. The molecule has 1 aliphatic heterocycles. The molecule has 3 rings (SSSR count). The monoisotopic (exact) mass is 390 g/mol. The summed E-state index contributed by atoms with van der Waals surface area (Å²) in [4.78, 5) is 30.9. The van der Waals surface area contributed by atoms with Gasteiger partial charge in [-0.15, -0.1) is 11.3 Å². The van der Waals surface area contributed by atoms with Gasteiger partial charge < -0.3 is 14.7 Å². The van der Waals surface area contributed by atoms with Gasteiger partial charge >= 0.3 is 0 Å². The molecule has 2 aromatic heterocycles. The van der Waals surface area contributed by atoms with Crippen LogP contribution in [0.25, 0.3) is 0 Å². The van der Waals surface area contributed by atoms with Crippen LogP contribution in [0.5, 0.6) is 0 Å². The number of amides is 2. The Morgan fingerprint density at radius 3 is 2.59 bits per heavy atom. The summed E-state index contributed by atoms with van der Waals surface area (Å²) in [6.07, 6.45) is 3.39. The van der Waals surface area contributed by atoms with Crippen molar-refractivity contribution in [1.82, 2.24) is 20.4 Å². The van der Waals surface area contributed by atoms with Crippen LogP contribution in [-0.4, -0.2) is 39.9 Å². The first kappa shape index (κ1) is 19.5. The minimum absolute atomic E-state index is 0.0128. The second-order valence-corrected chi connectivity index (χ2v) is 8.26. The van der Waals surface area contributed by atoms with Crippen molar-refractivity contribution in [3.63, 3.8) is 0 Å². The van der Waals surface area contributed by atoms with Crippen LogP contribution >= 0.6 is 11.3 Å². The Hall–Kier alpha value is -2.22. The molecule has 7 nitrogen and oxygen atoms in total. The van der Waals surface area contributed by atoms with Crippen LogP contribution in [0.3, 0.4) is 0 Å². The van der Waals surface area contributed by atoms with Crippen LogP contribution in [0.2, 0.25) is 0 Å². The summed E-state index contributed by atoms with van der Waals surface area (Å²) in [7, 11) is 0. The second kappa shape index (κ2) is 8.21. The molecule has 146 valence electrons. The molecule has 27 heavy (non-hydrogen) atoms. The van der Waals surface area contributed by atoms with Gasteiger partial charge in [0.2, 0.25) is 5.91 Å². The number of hydrogen-bond acceptors (Lipinski definition) is 6. The van der Waals surface area contributed by atoms with Crippen molar-refractivity contribution in [2.24, 2.45) is 5.92 Å². The van der Waals surface area contributed by atoms with Gasteiger partial charge in [0.15, 0.2) is 0 Å². The normalized spacial score (nSPS) is 16.6. The Bertz CT molecular complexity index is 792. The van der Waals surface area contributed by atoms with Crippen LogP contribution in [-0.2, 0) is 4.79 Å². The van der Waals surface area contributed by atoms with Crippen molar-refractivity contribution >= 4 is 23.2 Å². The Balaban J connectivity index is 1.70. The highest BCUT2D eigenvalue weighted by atomic mass is 32.1. The molecule has 0 bridgehead atoms. The molecule has 0 saturated carbocycles. The zero-order valence-corrected chi connectivity index (χ0v) is 17.0. The van der Waals surface area contributed by atoms with Gasteiger partial charge in [0.1, 0.15) is 16.3 Å². The number of likely N-dealkylation sites (tertiary alicyclic amines) is 1. The quantitative estimate of drug-likeness (QED) is 0.846. The van der Waals surface area contributed by atoms with Gasteiger partial charge in [-0.1, -0.05) is 19.0 Å². The number of carbonyl (C=O) groups is 2. The van der Waals surface area contributed by atoms with Crippen LogP contribution in [0, 0.1) is 12.8 Å². The molecule has 8 heteroatoms. The predicted octanol–water partition coefficient (Wildman–Crippen LogP) is 3.29. The minimum atomic E-state index is -0.0942. The van der Waals surface area contributed by atoms with Crippen LogP contribution in [0.1, 0.15) is 72.4 Å². The zero-order chi connectivity index (χ0) is 19.6. The van der Waals surface area contributed by atoms with E-state index >= 15 is 0 Å². The number of thiazole rings is 1. The van der Waals surface area contributed by atoms with E-state index in [1.807, 2.05) is 24.1 Å². The van der Waals surface area contributed by atoms with E-state index in [0.717, 1.165) is 23.5 Å². The molecule has 0 aromatic carbocycles. The largest absolute Gasteiger partial charge is 0.361 e. The Morgan fingerprint density at radius 1 is 1.33 bits per heavy atom. The summed E-state index contributed by atoms with van der Waals surface area (Å²) in [5.74, 6) is 0.895. The van der Waals surface area contributed by atoms with E-state index in [9.17, 15) is 9.59 Å². The third-order valence-corrected chi connectivity index (χ3v) is 5.88. The molecule has 0 spiro atoms. The number of carbonyl (C=O) groups excluding carboxylic acids is 2. The van der Waals surface area contributed by atoms with Crippen molar-refractivity contribution in [3.05, 3.63) is 33.6 Å². The predicted molar refractivity (Wildman–Crippen MR) is 103 cm³/mol. The van der Waals surface area contributed by atoms with E-state index in [4.69, 9.17) is 4.52 Å². The van der Waals surface area contributed by atoms with Crippen LogP contribution < -0.4 is 5.32 Å². The smallest absolute Gasteiger partial charge is 0.259 e. The molecule has 3 heterocycles. The fraction of sp³-hybridized carbons (Fsp3) is 0.579. The van der Waals surface area contributed by atoms with Crippen LogP contribution in [0.4, 0.5) is 0 Å². The van der Waals surface area contributed by atoms with E-state index in [2.05, 4.69) is 15.5 Å². The van der Waals surface area contributed by atoms with E-state index in [1.165, 1.54) is 6.92 Å². The maximum absolute atomic E-state index is 13.0. The molecule has 2 aromatic rings. The molecular formula is C19H26N4O3S. The lowest BCUT2D eigenvalue weighted by Crippen LogP contribution is -2.43. The lowest BCUT2D eigenvalue weighted by molar-refractivity contribution is -0.120.